The van der Waals surface area contributed by atoms with E-state index in [2.05, 4.69) is 0 Å². The Morgan fingerprint density at radius 2 is 2.44 bits per heavy atom. The standard InChI is InChI=1S/C12H14O3S/c13-12(14)10-2-1-3-11(6-10)16-8-9-4-5-15-7-9/h1-3,6,9H,4-5,7-8H2,(H,13,14). The molecule has 0 saturated carbocycles. The van der Waals surface area contributed by atoms with Crippen molar-refractivity contribution in [3.63, 3.8) is 0 Å². The second-order valence-electron chi connectivity index (χ2n) is 3.87. The molecule has 1 aromatic rings. The van der Waals surface area contributed by atoms with Crippen LogP contribution in [0.25, 0.3) is 0 Å². The van der Waals surface area contributed by atoms with E-state index in [1.54, 1.807) is 30.0 Å². The molecule has 1 heterocycles. The van der Waals surface area contributed by atoms with Crippen molar-refractivity contribution in [1.82, 2.24) is 0 Å². The van der Waals surface area contributed by atoms with Gasteiger partial charge in [0.2, 0.25) is 0 Å². The van der Waals surface area contributed by atoms with Crippen LogP contribution in [-0.2, 0) is 4.74 Å². The van der Waals surface area contributed by atoms with Gasteiger partial charge in [-0.2, -0.15) is 0 Å². The average molecular weight is 238 g/mol. The summed E-state index contributed by atoms with van der Waals surface area (Å²) in [6, 6.07) is 7.08. The molecule has 0 radical (unpaired) electrons. The zero-order valence-corrected chi connectivity index (χ0v) is 9.70. The molecule has 1 fully saturated rings. The monoisotopic (exact) mass is 238 g/mol. The molecule has 0 spiro atoms. The van der Waals surface area contributed by atoms with E-state index < -0.39 is 5.97 Å². The van der Waals surface area contributed by atoms with E-state index in [1.807, 2.05) is 6.07 Å². The molecule has 2 rings (SSSR count). The van der Waals surface area contributed by atoms with Crippen molar-refractivity contribution in [2.24, 2.45) is 5.92 Å². The van der Waals surface area contributed by atoms with Crippen LogP contribution in [0.3, 0.4) is 0 Å². The highest BCUT2D eigenvalue weighted by Gasteiger charge is 2.15. The predicted octanol–water partition coefficient (Wildman–Crippen LogP) is 2.51. The number of carboxylic acid groups (broad SMARTS) is 1. The minimum atomic E-state index is -0.869. The smallest absolute Gasteiger partial charge is 0.335 e. The number of hydrogen-bond acceptors (Lipinski definition) is 3. The van der Waals surface area contributed by atoms with E-state index in [0.29, 0.717) is 11.5 Å². The number of hydrogen-bond donors (Lipinski definition) is 1. The van der Waals surface area contributed by atoms with E-state index in [1.165, 1.54) is 0 Å². The summed E-state index contributed by atoms with van der Waals surface area (Å²) in [4.78, 5) is 11.8. The van der Waals surface area contributed by atoms with Crippen LogP contribution in [0.2, 0.25) is 0 Å². The van der Waals surface area contributed by atoms with Crippen LogP contribution in [0.15, 0.2) is 29.2 Å². The molecule has 1 atom stereocenters. The number of carbonyl (C=O) groups is 1. The van der Waals surface area contributed by atoms with Gasteiger partial charge in [0.1, 0.15) is 0 Å². The zero-order valence-electron chi connectivity index (χ0n) is 8.89. The molecular weight excluding hydrogens is 224 g/mol. The van der Waals surface area contributed by atoms with Crippen molar-refractivity contribution >= 4 is 17.7 Å². The maximum atomic E-state index is 10.8. The van der Waals surface area contributed by atoms with Crippen molar-refractivity contribution in [2.75, 3.05) is 19.0 Å². The first-order valence-corrected chi connectivity index (χ1v) is 6.28. The summed E-state index contributed by atoms with van der Waals surface area (Å²) in [6.07, 6.45) is 1.12. The number of thioether (sulfide) groups is 1. The normalized spacial score (nSPS) is 19.9. The largest absolute Gasteiger partial charge is 0.478 e. The average Bonchev–Trinajstić information content (AvgIpc) is 2.79. The zero-order chi connectivity index (χ0) is 11.4. The highest BCUT2D eigenvalue weighted by Crippen LogP contribution is 2.25. The van der Waals surface area contributed by atoms with Gasteiger partial charge in [0.15, 0.2) is 0 Å². The summed E-state index contributed by atoms with van der Waals surface area (Å²) in [5, 5.41) is 8.86. The van der Waals surface area contributed by atoms with Gasteiger partial charge in [0, 0.05) is 17.3 Å². The number of ether oxygens (including phenoxy) is 1. The molecule has 0 bridgehead atoms. The molecule has 1 aliphatic heterocycles. The lowest BCUT2D eigenvalue weighted by atomic mass is 10.2. The van der Waals surface area contributed by atoms with Crippen LogP contribution in [0.5, 0.6) is 0 Å². The van der Waals surface area contributed by atoms with Gasteiger partial charge in [0.05, 0.1) is 12.2 Å². The van der Waals surface area contributed by atoms with Crippen molar-refractivity contribution in [1.29, 1.82) is 0 Å². The Kier molecular flexibility index (Phi) is 3.85. The van der Waals surface area contributed by atoms with Crippen molar-refractivity contribution < 1.29 is 14.6 Å². The highest BCUT2D eigenvalue weighted by molar-refractivity contribution is 7.99. The molecule has 1 aromatic carbocycles. The van der Waals surface area contributed by atoms with Crippen molar-refractivity contribution in [2.45, 2.75) is 11.3 Å². The Labute approximate surface area is 98.8 Å². The second kappa shape index (κ2) is 5.37. The molecule has 1 aliphatic rings. The molecule has 3 nitrogen and oxygen atoms in total. The third kappa shape index (κ3) is 3.00. The summed E-state index contributed by atoms with van der Waals surface area (Å²) in [7, 11) is 0. The van der Waals surface area contributed by atoms with Crippen LogP contribution in [-0.4, -0.2) is 30.0 Å². The van der Waals surface area contributed by atoms with Gasteiger partial charge in [-0.25, -0.2) is 4.79 Å². The Morgan fingerprint density at radius 1 is 1.56 bits per heavy atom. The van der Waals surface area contributed by atoms with E-state index in [4.69, 9.17) is 9.84 Å². The second-order valence-corrected chi connectivity index (χ2v) is 4.97. The minimum Gasteiger partial charge on any atom is -0.478 e. The summed E-state index contributed by atoms with van der Waals surface area (Å²) in [5.41, 5.74) is 0.354. The van der Waals surface area contributed by atoms with E-state index in [0.717, 1.165) is 30.3 Å². The minimum absolute atomic E-state index is 0.354. The Bertz CT molecular complexity index is 372. The highest BCUT2D eigenvalue weighted by atomic mass is 32.2. The van der Waals surface area contributed by atoms with Crippen LogP contribution < -0.4 is 0 Å². The lowest BCUT2D eigenvalue weighted by Crippen LogP contribution is -2.02. The maximum absolute atomic E-state index is 10.8. The molecular formula is C12H14O3S. The van der Waals surface area contributed by atoms with Gasteiger partial charge in [-0.15, -0.1) is 11.8 Å². The van der Waals surface area contributed by atoms with Crippen LogP contribution >= 0.6 is 11.8 Å². The van der Waals surface area contributed by atoms with Gasteiger partial charge in [0.25, 0.3) is 0 Å². The molecule has 0 aromatic heterocycles. The van der Waals surface area contributed by atoms with Crippen LogP contribution in [0.1, 0.15) is 16.8 Å². The quantitative estimate of drug-likeness (QED) is 0.819. The Morgan fingerprint density at radius 3 is 3.12 bits per heavy atom. The van der Waals surface area contributed by atoms with Crippen LogP contribution in [0.4, 0.5) is 0 Å². The first-order valence-electron chi connectivity index (χ1n) is 5.29. The van der Waals surface area contributed by atoms with Gasteiger partial charge in [-0.3, -0.25) is 0 Å². The third-order valence-corrected chi connectivity index (χ3v) is 3.82. The predicted molar refractivity (Wildman–Crippen MR) is 63.1 cm³/mol. The molecule has 0 aliphatic carbocycles. The van der Waals surface area contributed by atoms with Crippen LogP contribution in [0, 0.1) is 5.92 Å². The number of benzene rings is 1. The Hall–Kier alpha value is -1.00. The summed E-state index contributed by atoms with van der Waals surface area (Å²) < 4.78 is 5.30. The van der Waals surface area contributed by atoms with Gasteiger partial charge >= 0.3 is 5.97 Å². The fraction of sp³-hybridized carbons (Fsp3) is 0.417. The fourth-order valence-corrected chi connectivity index (χ4v) is 2.72. The van der Waals surface area contributed by atoms with E-state index in [-0.39, 0.29) is 0 Å². The number of aromatic carboxylic acids is 1. The molecule has 1 N–H and O–H groups in total. The molecule has 1 unspecified atom stereocenters. The molecule has 4 heteroatoms. The van der Waals surface area contributed by atoms with Gasteiger partial charge < -0.3 is 9.84 Å². The van der Waals surface area contributed by atoms with Gasteiger partial charge in [-0.05, 0) is 30.5 Å². The SMILES string of the molecule is O=C(O)c1cccc(SCC2CCOC2)c1. The Balaban J connectivity index is 1.93. The lowest BCUT2D eigenvalue weighted by molar-refractivity contribution is 0.0696. The summed E-state index contributed by atoms with van der Waals surface area (Å²) >= 11 is 1.71. The van der Waals surface area contributed by atoms with Crippen molar-refractivity contribution in [3.8, 4) is 0 Å². The van der Waals surface area contributed by atoms with E-state index >= 15 is 0 Å². The maximum Gasteiger partial charge on any atom is 0.335 e. The molecule has 86 valence electrons. The number of rotatable bonds is 4. The summed E-state index contributed by atoms with van der Waals surface area (Å²) in [5.74, 6) is 0.744. The van der Waals surface area contributed by atoms with Gasteiger partial charge in [-0.1, -0.05) is 6.07 Å². The van der Waals surface area contributed by atoms with Crippen molar-refractivity contribution in [3.05, 3.63) is 29.8 Å². The first kappa shape index (κ1) is 11.5. The molecule has 1 saturated heterocycles. The fourth-order valence-electron chi connectivity index (χ4n) is 1.65. The first-order chi connectivity index (χ1) is 7.75. The van der Waals surface area contributed by atoms with E-state index in [9.17, 15) is 4.79 Å². The third-order valence-electron chi connectivity index (χ3n) is 2.59. The number of carboxylic acids is 1. The topological polar surface area (TPSA) is 46.5 Å². The molecule has 16 heavy (non-hydrogen) atoms. The summed E-state index contributed by atoms with van der Waals surface area (Å²) in [6.45, 7) is 1.70. The molecule has 0 amide bonds. The lowest BCUT2D eigenvalue weighted by Gasteiger charge is -2.07.